The smallest absolute Gasteiger partial charge is 0.335 e. The first-order valence-corrected chi connectivity index (χ1v) is 10.5. The Labute approximate surface area is 158 Å². The molecule has 2 aliphatic rings. The van der Waals surface area contributed by atoms with Crippen molar-refractivity contribution in [2.24, 2.45) is 5.92 Å². The SMILES string of the molecule is O=C(O)c1ccc(S(=O)(=O)N2CCN(C(=O)CC3CCOCC3)CC2)cc1. The van der Waals surface area contributed by atoms with Gasteiger partial charge in [0, 0.05) is 45.8 Å². The predicted octanol–water partition coefficient (Wildman–Crippen LogP) is 1.03. The number of carbonyl (C=O) groups excluding carboxylic acids is 1. The zero-order chi connectivity index (χ0) is 19.4. The standard InChI is InChI=1S/C18H24N2O6S/c21-17(13-14-5-11-26-12-6-14)19-7-9-20(10-8-19)27(24,25)16-3-1-15(2-4-16)18(22)23/h1-4,14H,5-13H2,(H,22,23). The Balaban J connectivity index is 1.57. The number of amides is 1. The summed E-state index contributed by atoms with van der Waals surface area (Å²) in [6, 6.07) is 5.18. The molecule has 2 heterocycles. The van der Waals surface area contributed by atoms with Crippen LogP contribution >= 0.6 is 0 Å². The number of carbonyl (C=O) groups is 2. The molecule has 0 atom stereocenters. The maximum absolute atomic E-state index is 12.7. The number of carboxylic acids is 1. The summed E-state index contributed by atoms with van der Waals surface area (Å²) in [7, 11) is -3.69. The zero-order valence-corrected chi connectivity index (χ0v) is 15.9. The van der Waals surface area contributed by atoms with Gasteiger partial charge in [-0.25, -0.2) is 13.2 Å². The second-order valence-electron chi connectivity index (χ2n) is 6.87. The van der Waals surface area contributed by atoms with Gasteiger partial charge in [0.15, 0.2) is 0 Å². The monoisotopic (exact) mass is 396 g/mol. The van der Waals surface area contributed by atoms with Crippen molar-refractivity contribution >= 4 is 21.9 Å². The molecule has 1 aromatic carbocycles. The van der Waals surface area contributed by atoms with Crippen molar-refractivity contribution in [1.29, 1.82) is 0 Å². The first-order valence-electron chi connectivity index (χ1n) is 9.07. The van der Waals surface area contributed by atoms with Crippen LogP contribution in [0.1, 0.15) is 29.6 Å². The third kappa shape index (κ3) is 4.66. The van der Waals surface area contributed by atoms with E-state index in [0.29, 0.717) is 38.6 Å². The maximum Gasteiger partial charge on any atom is 0.335 e. The number of sulfonamides is 1. The summed E-state index contributed by atoms with van der Waals surface area (Å²) in [4.78, 5) is 25.2. The van der Waals surface area contributed by atoms with Crippen molar-refractivity contribution in [3.63, 3.8) is 0 Å². The lowest BCUT2D eigenvalue weighted by atomic mass is 9.96. The Hall–Kier alpha value is -1.97. The lowest BCUT2D eigenvalue weighted by molar-refractivity contribution is -0.134. The fourth-order valence-corrected chi connectivity index (χ4v) is 4.85. The Morgan fingerprint density at radius 1 is 1.04 bits per heavy atom. The molecule has 9 heteroatoms. The molecular weight excluding hydrogens is 372 g/mol. The first-order chi connectivity index (χ1) is 12.9. The minimum Gasteiger partial charge on any atom is -0.478 e. The number of carboxylic acid groups (broad SMARTS) is 1. The molecule has 2 aliphatic heterocycles. The molecule has 1 N–H and O–H groups in total. The van der Waals surface area contributed by atoms with Crippen LogP contribution in [-0.4, -0.2) is 74.0 Å². The minimum absolute atomic E-state index is 0.0393. The quantitative estimate of drug-likeness (QED) is 0.797. The van der Waals surface area contributed by atoms with Gasteiger partial charge in [0.2, 0.25) is 15.9 Å². The number of ether oxygens (including phenoxy) is 1. The molecule has 0 aromatic heterocycles. The van der Waals surface area contributed by atoms with E-state index < -0.39 is 16.0 Å². The third-order valence-corrected chi connectivity index (χ3v) is 7.05. The van der Waals surface area contributed by atoms with Gasteiger partial charge in [-0.3, -0.25) is 4.79 Å². The average Bonchev–Trinajstić information content (AvgIpc) is 2.69. The van der Waals surface area contributed by atoms with E-state index in [1.165, 1.54) is 28.6 Å². The normalized spacial score (nSPS) is 19.8. The highest BCUT2D eigenvalue weighted by Gasteiger charge is 2.31. The van der Waals surface area contributed by atoms with Gasteiger partial charge in [-0.05, 0) is 43.0 Å². The molecule has 2 saturated heterocycles. The van der Waals surface area contributed by atoms with Crippen molar-refractivity contribution in [2.75, 3.05) is 39.4 Å². The molecule has 8 nitrogen and oxygen atoms in total. The van der Waals surface area contributed by atoms with Gasteiger partial charge >= 0.3 is 5.97 Å². The van der Waals surface area contributed by atoms with Crippen molar-refractivity contribution in [1.82, 2.24) is 9.21 Å². The summed E-state index contributed by atoms with van der Waals surface area (Å²) >= 11 is 0. The second kappa shape index (κ2) is 8.37. The number of rotatable bonds is 5. The van der Waals surface area contributed by atoms with Gasteiger partial charge in [0.05, 0.1) is 10.5 Å². The topological polar surface area (TPSA) is 104 Å². The van der Waals surface area contributed by atoms with Crippen LogP contribution in [0.15, 0.2) is 29.2 Å². The predicted molar refractivity (Wildman–Crippen MR) is 96.9 cm³/mol. The van der Waals surface area contributed by atoms with Crippen molar-refractivity contribution in [2.45, 2.75) is 24.2 Å². The maximum atomic E-state index is 12.7. The first kappa shape index (κ1) is 19.8. The van der Waals surface area contributed by atoms with E-state index in [4.69, 9.17) is 9.84 Å². The number of nitrogens with zero attached hydrogens (tertiary/aromatic N) is 2. The molecule has 0 radical (unpaired) electrons. The van der Waals surface area contributed by atoms with Crippen LogP contribution < -0.4 is 0 Å². The number of piperazine rings is 1. The Kier molecular flexibility index (Phi) is 6.13. The van der Waals surface area contributed by atoms with Gasteiger partial charge < -0.3 is 14.7 Å². The van der Waals surface area contributed by atoms with Crippen LogP contribution in [0.4, 0.5) is 0 Å². The van der Waals surface area contributed by atoms with Gasteiger partial charge in [-0.2, -0.15) is 4.31 Å². The molecule has 0 saturated carbocycles. The highest BCUT2D eigenvalue weighted by atomic mass is 32.2. The third-order valence-electron chi connectivity index (χ3n) is 5.13. The molecule has 0 spiro atoms. The van der Waals surface area contributed by atoms with Crippen LogP contribution in [0, 0.1) is 5.92 Å². The molecule has 0 unspecified atom stereocenters. The Morgan fingerprint density at radius 2 is 1.63 bits per heavy atom. The molecule has 0 aliphatic carbocycles. The summed E-state index contributed by atoms with van der Waals surface area (Å²) < 4.78 is 32.1. The number of aromatic carboxylic acids is 1. The van der Waals surface area contributed by atoms with E-state index in [9.17, 15) is 18.0 Å². The highest BCUT2D eigenvalue weighted by Crippen LogP contribution is 2.22. The molecule has 0 bridgehead atoms. The molecule has 1 aromatic rings. The van der Waals surface area contributed by atoms with Crippen molar-refractivity contribution < 1.29 is 27.9 Å². The van der Waals surface area contributed by atoms with Gasteiger partial charge in [-0.1, -0.05) is 0 Å². The van der Waals surface area contributed by atoms with Crippen LogP contribution in [0.5, 0.6) is 0 Å². The minimum atomic E-state index is -3.69. The molecular formula is C18H24N2O6S. The number of benzene rings is 1. The zero-order valence-electron chi connectivity index (χ0n) is 15.0. The molecule has 2 fully saturated rings. The lowest BCUT2D eigenvalue weighted by Crippen LogP contribution is -2.50. The van der Waals surface area contributed by atoms with Crippen LogP contribution in [-0.2, 0) is 19.6 Å². The molecule has 148 valence electrons. The Morgan fingerprint density at radius 3 is 2.19 bits per heavy atom. The van der Waals surface area contributed by atoms with Gasteiger partial charge in [0.1, 0.15) is 0 Å². The number of hydrogen-bond donors (Lipinski definition) is 1. The highest BCUT2D eigenvalue weighted by molar-refractivity contribution is 7.89. The largest absolute Gasteiger partial charge is 0.478 e. The van der Waals surface area contributed by atoms with Gasteiger partial charge in [0.25, 0.3) is 0 Å². The fraction of sp³-hybridized carbons (Fsp3) is 0.556. The second-order valence-corrected chi connectivity index (χ2v) is 8.81. The van der Waals surface area contributed by atoms with E-state index in [0.717, 1.165) is 12.8 Å². The summed E-state index contributed by atoms with van der Waals surface area (Å²) in [6.07, 6.45) is 2.28. The summed E-state index contributed by atoms with van der Waals surface area (Å²) in [5.74, 6) is -0.680. The van der Waals surface area contributed by atoms with E-state index in [-0.39, 0.29) is 29.5 Å². The number of hydrogen-bond acceptors (Lipinski definition) is 5. The Bertz CT molecular complexity index is 779. The summed E-state index contributed by atoms with van der Waals surface area (Å²) in [5.41, 5.74) is 0.0393. The van der Waals surface area contributed by atoms with E-state index in [1.807, 2.05) is 0 Å². The van der Waals surface area contributed by atoms with Crippen LogP contribution in [0.3, 0.4) is 0 Å². The van der Waals surface area contributed by atoms with E-state index in [2.05, 4.69) is 0 Å². The average molecular weight is 396 g/mol. The molecule has 27 heavy (non-hydrogen) atoms. The summed E-state index contributed by atoms with van der Waals surface area (Å²) in [6.45, 7) is 2.61. The van der Waals surface area contributed by atoms with E-state index >= 15 is 0 Å². The molecule has 1 amide bonds. The molecule has 3 rings (SSSR count). The van der Waals surface area contributed by atoms with Crippen molar-refractivity contribution in [3.8, 4) is 0 Å². The van der Waals surface area contributed by atoms with Crippen LogP contribution in [0.25, 0.3) is 0 Å². The summed E-state index contributed by atoms with van der Waals surface area (Å²) in [5, 5.41) is 8.92. The lowest BCUT2D eigenvalue weighted by Gasteiger charge is -2.35. The van der Waals surface area contributed by atoms with Crippen molar-refractivity contribution in [3.05, 3.63) is 29.8 Å². The van der Waals surface area contributed by atoms with E-state index in [1.54, 1.807) is 4.90 Å². The van der Waals surface area contributed by atoms with Gasteiger partial charge in [-0.15, -0.1) is 0 Å². The fourth-order valence-electron chi connectivity index (χ4n) is 3.42. The van der Waals surface area contributed by atoms with Crippen LogP contribution in [0.2, 0.25) is 0 Å².